The average molecular weight is 349 g/mol. The molecule has 1 atom stereocenters. The predicted molar refractivity (Wildman–Crippen MR) is 94.3 cm³/mol. The maximum Gasteiger partial charge on any atom is 0.262 e. The number of aliphatic hydroxyl groups excluding tert-OH is 1. The highest BCUT2D eigenvalue weighted by Crippen LogP contribution is 2.39. The zero-order valence-electron chi connectivity index (χ0n) is 14.3. The van der Waals surface area contributed by atoms with Crippen molar-refractivity contribution in [2.45, 2.75) is 52.1 Å². The Morgan fingerprint density at radius 1 is 1.50 bits per heavy atom. The van der Waals surface area contributed by atoms with Crippen LogP contribution >= 0.6 is 11.3 Å². The molecule has 0 bridgehead atoms. The van der Waals surface area contributed by atoms with E-state index < -0.39 is 5.54 Å². The number of aliphatic hydroxyl groups is 1. The van der Waals surface area contributed by atoms with Crippen LogP contribution in [0.2, 0.25) is 0 Å². The van der Waals surface area contributed by atoms with Crippen LogP contribution in [0.4, 0.5) is 0 Å². The van der Waals surface area contributed by atoms with Crippen molar-refractivity contribution >= 4 is 27.5 Å². The summed E-state index contributed by atoms with van der Waals surface area (Å²) in [6.07, 6.45) is 3.78. The van der Waals surface area contributed by atoms with E-state index in [1.165, 1.54) is 22.2 Å². The van der Waals surface area contributed by atoms with Crippen LogP contribution in [0.3, 0.4) is 0 Å². The summed E-state index contributed by atoms with van der Waals surface area (Å²) in [5.41, 5.74) is 0.320. The lowest BCUT2D eigenvalue weighted by atomic mass is 9.97. The fourth-order valence-electron chi connectivity index (χ4n) is 3.02. The Morgan fingerprint density at radius 3 is 2.83 bits per heavy atom. The Kier molecular flexibility index (Phi) is 4.48. The Balaban J connectivity index is 1.71. The number of fused-ring (bicyclic) bond motifs is 1. The van der Waals surface area contributed by atoms with Gasteiger partial charge in [-0.15, -0.1) is 11.3 Å². The molecule has 1 unspecified atom stereocenters. The highest BCUT2D eigenvalue weighted by atomic mass is 32.1. The first-order valence-electron chi connectivity index (χ1n) is 8.22. The number of nitrogens with zero attached hydrogens (tertiary/aromatic N) is 2. The summed E-state index contributed by atoms with van der Waals surface area (Å²) in [6.45, 7) is 6.00. The summed E-state index contributed by atoms with van der Waals surface area (Å²) in [6, 6.07) is 0. The van der Waals surface area contributed by atoms with Crippen molar-refractivity contribution in [3.8, 4) is 0 Å². The molecular formula is C17H23N3O3S. The lowest BCUT2D eigenvalue weighted by Crippen LogP contribution is -2.51. The van der Waals surface area contributed by atoms with Crippen molar-refractivity contribution in [1.82, 2.24) is 14.9 Å². The first-order chi connectivity index (χ1) is 11.4. The second-order valence-corrected chi connectivity index (χ2v) is 8.06. The molecule has 0 saturated heterocycles. The summed E-state index contributed by atoms with van der Waals surface area (Å²) < 4.78 is 1.49. The highest BCUT2D eigenvalue weighted by Gasteiger charge is 2.41. The lowest BCUT2D eigenvalue weighted by molar-refractivity contribution is -0.124. The van der Waals surface area contributed by atoms with E-state index in [-0.39, 0.29) is 31.0 Å². The number of nitrogens with one attached hydrogen (secondary N) is 1. The minimum Gasteiger partial charge on any atom is -0.394 e. The normalized spacial score (nSPS) is 17.0. The van der Waals surface area contributed by atoms with Gasteiger partial charge in [-0.25, -0.2) is 4.98 Å². The molecule has 0 radical (unpaired) electrons. The van der Waals surface area contributed by atoms with Crippen molar-refractivity contribution in [3.05, 3.63) is 27.1 Å². The van der Waals surface area contributed by atoms with E-state index in [4.69, 9.17) is 0 Å². The third-order valence-electron chi connectivity index (χ3n) is 4.97. The number of rotatable bonds is 6. The molecule has 0 spiro atoms. The molecule has 0 aliphatic heterocycles. The standard InChI is InChI=1S/C17H23N3O3S/c1-10-11(2)24-15-14(10)16(23)20(9-18-15)7-6-13(22)19-17(3,8-21)12-4-5-12/h9,12,21H,4-8H2,1-3H3,(H,19,22). The Bertz CT molecular complexity index is 837. The van der Waals surface area contributed by atoms with E-state index >= 15 is 0 Å². The van der Waals surface area contributed by atoms with Crippen LogP contribution in [-0.4, -0.2) is 32.7 Å². The third kappa shape index (κ3) is 3.10. The maximum absolute atomic E-state index is 12.6. The fraction of sp³-hybridized carbons (Fsp3) is 0.588. The van der Waals surface area contributed by atoms with E-state index in [0.29, 0.717) is 11.3 Å². The second-order valence-electron chi connectivity index (χ2n) is 6.85. The van der Waals surface area contributed by atoms with Crippen LogP contribution < -0.4 is 10.9 Å². The summed E-state index contributed by atoms with van der Waals surface area (Å²) in [4.78, 5) is 31.0. The van der Waals surface area contributed by atoms with E-state index in [0.717, 1.165) is 28.1 Å². The second kappa shape index (κ2) is 6.29. The largest absolute Gasteiger partial charge is 0.394 e. The van der Waals surface area contributed by atoms with E-state index in [9.17, 15) is 14.7 Å². The van der Waals surface area contributed by atoms with Crippen molar-refractivity contribution in [2.75, 3.05) is 6.61 Å². The molecular weight excluding hydrogens is 326 g/mol. The summed E-state index contributed by atoms with van der Waals surface area (Å²) >= 11 is 1.52. The molecule has 3 rings (SSSR count). The number of amides is 1. The predicted octanol–water partition coefficient (Wildman–Crippen LogP) is 1.74. The van der Waals surface area contributed by atoms with Gasteiger partial charge in [-0.05, 0) is 45.1 Å². The first kappa shape index (κ1) is 17.1. The molecule has 1 aliphatic carbocycles. The van der Waals surface area contributed by atoms with Crippen molar-refractivity contribution < 1.29 is 9.90 Å². The van der Waals surface area contributed by atoms with Gasteiger partial charge >= 0.3 is 0 Å². The van der Waals surface area contributed by atoms with Gasteiger partial charge in [0.05, 0.1) is 23.9 Å². The molecule has 2 N–H and O–H groups in total. The van der Waals surface area contributed by atoms with Crippen LogP contribution in [-0.2, 0) is 11.3 Å². The van der Waals surface area contributed by atoms with E-state index in [1.807, 2.05) is 20.8 Å². The molecule has 130 valence electrons. The van der Waals surface area contributed by atoms with Gasteiger partial charge in [-0.3, -0.25) is 14.2 Å². The minimum atomic E-state index is -0.550. The molecule has 1 aliphatic rings. The van der Waals surface area contributed by atoms with Crippen molar-refractivity contribution in [2.24, 2.45) is 5.92 Å². The van der Waals surface area contributed by atoms with Gasteiger partial charge in [0, 0.05) is 17.8 Å². The molecule has 1 saturated carbocycles. The molecule has 0 aromatic carbocycles. The highest BCUT2D eigenvalue weighted by molar-refractivity contribution is 7.18. The Labute approximate surface area is 144 Å². The van der Waals surface area contributed by atoms with Gasteiger partial charge in [-0.2, -0.15) is 0 Å². The summed E-state index contributed by atoms with van der Waals surface area (Å²) in [7, 11) is 0. The van der Waals surface area contributed by atoms with Crippen LogP contribution in [0, 0.1) is 19.8 Å². The first-order valence-corrected chi connectivity index (χ1v) is 9.04. The van der Waals surface area contributed by atoms with Crippen molar-refractivity contribution in [3.63, 3.8) is 0 Å². The summed E-state index contributed by atoms with van der Waals surface area (Å²) in [5, 5.41) is 13.1. The number of thiophene rings is 1. The topological polar surface area (TPSA) is 84.2 Å². The van der Waals surface area contributed by atoms with Gasteiger partial charge in [0.25, 0.3) is 5.56 Å². The third-order valence-corrected chi connectivity index (χ3v) is 6.08. The van der Waals surface area contributed by atoms with Crippen LogP contribution in [0.25, 0.3) is 10.2 Å². The summed E-state index contributed by atoms with van der Waals surface area (Å²) in [5.74, 6) is 0.201. The zero-order chi connectivity index (χ0) is 17.5. The molecule has 2 aromatic heterocycles. The zero-order valence-corrected chi connectivity index (χ0v) is 15.1. The SMILES string of the molecule is Cc1sc2ncn(CCC(=O)NC(C)(CO)C3CC3)c(=O)c2c1C. The smallest absolute Gasteiger partial charge is 0.262 e. The van der Waals surface area contributed by atoms with E-state index in [1.54, 1.807) is 0 Å². The van der Waals surface area contributed by atoms with E-state index in [2.05, 4.69) is 10.3 Å². The van der Waals surface area contributed by atoms with Gasteiger partial charge in [0.15, 0.2) is 0 Å². The number of hydrogen-bond acceptors (Lipinski definition) is 5. The molecule has 2 heterocycles. The number of carbonyl (C=O) groups excluding carboxylic acids is 1. The Hall–Kier alpha value is -1.73. The molecule has 1 amide bonds. The monoisotopic (exact) mass is 349 g/mol. The minimum absolute atomic E-state index is 0.0652. The quantitative estimate of drug-likeness (QED) is 0.832. The number of carbonyl (C=O) groups is 1. The molecule has 2 aromatic rings. The van der Waals surface area contributed by atoms with Crippen LogP contribution in [0.5, 0.6) is 0 Å². The van der Waals surface area contributed by atoms with Gasteiger partial charge in [-0.1, -0.05) is 0 Å². The molecule has 24 heavy (non-hydrogen) atoms. The van der Waals surface area contributed by atoms with Crippen LogP contribution in [0.15, 0.2) is 11.1 Å². The number of hydrogen-bond donors (Lipinski definition) is 2. The lowest BCUT2D eigenvalue weighted by Gasteiger charge is -2.28. The van der Waals surface area contributed by atoms with Gasteiger partial charge in [0.1, 0.15) is 4.83 Å². The Morgan fingerprint density at radius 2 is 2.21 bits per heavy atom. The average Bonchev–Trinajstić information content (AvgIpc) is 3.35. The molecule has 6 nitrogen and oxygen atoms in total. The number of aryl methyl sites for hydroxylation is 3. The van der Waals surface area contributed by atoms with Crippen LogP contribution in [0.1, 0.15) is 36.6 Å². The van der Waals surface area contributed by atoms with Crippen molar-refractivity contribution in [1.29, 1.82) is 0 Å². The fourth-order valence-corrected chi connectivity index (χ4v) is 4.01. The van der Waals surface area contributed by atoms with Gasteiger partial charge < -0.3 is 10.4 Å². The number of aromatic nitrogens is 2. The van der Waals surface area contributed by atoms with Gasteiger partial charge in [0.2, 0.25) is 5.91 Å². The molecule has 7 heteroatoms. The maximum atomic E-state index is 12.6. The molecule has 1 fully saturated rings.